The standard InChI is InChI=1S/C14H17N3O/c1-16-11-15-9-14(16)7-8-17(12-18)10-13-5-3-2-4-6-13/h2-6,9,11-12H,7-8,10H2,1H3. The maximum Gasteiger partial charge on any atom is 0.210 e. The van der Waals surface area contributed by atoms with Crippen LogP contribution in [0, 0.1) is 0 Å². The molecule has 4 nitrogen and oxygen atoms in total. The molecule has 2 rings (SSSR count). The molecule has 2 aromatic rings. The first kappa shape index (κ1) is 12.4. The Morgan fingerprint density at radius 1 is 1.33 bits per heavy atom. The van der Waals surface area contributed by atoms with Crippen molar-refractivity contribution in [2.75, 3.05) is 6.54 Å². The molecule has 0 fully saturated rings. The monoisotopic (exact) mass is 243 g/mol. The summed E-state index contributed by atoms with van der Waals surface area (Å²) < 4.78 is 1.98. The summed E-state index contributed by atoms with van der Waals surface area (Å²) in [5, 5.41) is 0. The maximum absolute atomic E-state index is 11.1. The van der Waals surface area contributed by atoms with E-state index in [1.165, 1.54) is 0 Å². The second-order valence-electron chi connectivity index (χ2n) is 4.31. The molecule has 0 aliphatic rings. The molecule has 0 aliphatic carbocycles. The van der Waals surface area contributed by atoms with Crippen molar-refractivity contribution in [3.63, 3.8) is 0 Å². The Hall–Kier alpha value is -2.10. The summed E-state index contributed by atoms with van der Waals surface area (Å²) in [5.41, 5.74) is 2.28. The van der Waals surface area contributed by atoms with Crippen LogP contribution in [-0.2, 0) is 24.8 Å². The quantitative estimate of drug-likeness (QED) is 0.723. The molecule has 0 spiro atoms. The molecule has 0 radical (unpaired) electrons. The van der Waals surface area contributed by atoms with Crippen molar-refractivity contribution in [3.05, 3.63) is 54.1 Å². The molecule has 0 bridgehead atoms. The molecule has 0 saturated heterocycles. The summed E-state index contributed by atoms with van der Waals surface area (Å²) in [6.45, 7) is 1.36. The van der Waals surface area contributed by atoms with Gasteiger partial charge >= 0.3 is 0 Å². The average molecular weight is 243 g/mol. The molecule has 0 aliphatic heterocycles. The Labute approximate surface area is 107 Å². The fourth-order valence-corrected chi connectivity index (χ4v) is 1.87. The number of hydrogen-bond donors (Lipinski definition) is 0. The minimum absolute atomic E-state index is 0.655. The van der Waals surface area contributed by atoms with Gasteiger partial charge in [0.2, 0.25) is 6.41 Å². The van der Waals surface area contributed by atoms with Crippen LogP contribution in [-0.4, -0.2) is 27.4 Å². The number of carbonyl (C=O) groups is 1. The van der Waals surface area contributed by atoms with Gasteiger partial charge in [-0.25, -0.2) is 4.98 Å². The lowest BCUT2D eigenvalue weighted by Gasteiger charge is -2.17. The van der Waals surface area contributed by atoms with Crippen LogP contribution in [0.5, 0.6) is 0 Å². The third-order valence-electron chi connectivity index (χ3n) is 2.95. The number of aromatic nitrogens is 2. The summed E-state index contributed by atoms with van der Waals surface area (Å²) >= 11 is 0. The van der Waals surface area contributed by atoms with Gasteiger partial charge in [0, 0.05) is 38.4 Å². The highest BCUT2D eigenvalue weighted by atomic mass is 16.1. The minimum Gasteiger partial charge on any atom is -0.341 e. The largest absolute Gasteiger partial charge is 0.341 e. The van der Waals surface area contributed by atoms with Gasteiger partial charge in [-0.3, -0.25) is 4.79 Å². The average Bonchev–Trinajstić information content (AvgIpc) is 2.81. The lowest BCUT2D eigenvalue weighted by molar-refractivity contribution is -0.118. The minimum atomic E-state index is 0.655. The Bertz CT molecular complexity index is 493. The zero-order chi connectivity index (χ0) is 12.8. The van der Waals surface area contributed by atoms with E-state index in [2.05, 4.69) is 4.98 Å². The van der Waals surface area contributed by atoms with Gasteiger partial charge in [-0.05, 0) is 5.56 Å². The topological polar surface area (TPSA) is 38.1 Å². The van der Waals surface area contributed by atoms with Crippen LogP contribution >= 0.6 is 0 Å². The summed E-state index contributed by atoms with van der Waals surface area (Å²) in [6, 6.07) is 10.0. The van der Waals surface area contributed by atoms with Crippen molar-refractivity contribution < 1.29 is 4.79 Å². The predicted molar refractivity (Wildman–Crippen MR) is 69.8 cm³/mol. The van der Waals surface area contributed by atoms with Crippen LogP contribution in [0.1, 0.15) is 11.3 Å². The third kappa shape index (κ3) is 3.20. The van der Waals surface area contributed by atoms with Gasteiger partial charge in [-0.1, -0.05) is 30.3 Å². The van der Waals surface area contributed by atoms with E-state index in [0.29, 0.717) is 13.1 Å². The number of nitrogens with zero attached hydrogens (tertiary/aromatic N) is 3. The third-order valence-corrected chi connectivity index (χ3v) is 2.95. The number of hydrogen-bond acceptors (Lipinski definition) is 2. The second kappa shape index (κ2) is 6.00. The molecule has 0 atom stereocenters. The first-order valence-electron chi connectivity index (χ1n) is 5.98. The Balaban J connectivity index is 1.90. The van der Waals surface area contributed by atoms with E-state index in [1.54, 1.807) is 11.2 Å². The fourth-order valence-electron chi connectivity index (χ4n) is 1.87. The zero-order valence-electron chi connectivity index (χ0n) is 10.5. The van der Waals surface area contributed by atoms with Gasteiger partial charge < -0.3 is 9.47 Å². The van der Waals surface area contributed by atoms with Crippen LogP contribution in [0.2, 0.25) is 0 Å². The van der Waals surface area contributed by atoms with Crippen molar-refractivity contribution in [1.82, 2.24) is 14.5 Å². The zero-order valence-corrected chi connectivity index (χ0v) is 10.5. The lowest BCUT2D eigenvalue weighted by atomic mass is 10.2. The molecule has 4 heteroatoms. The van der Waals surface area contributed by atoms with Crippen LogP contribution in [0.15, 0.2) is 42.9 Å². The SMILES string of the molecule is Cn1cncc1CCN(C=O)Cc1ccccc1. The van der Waals surface area contributed by atoms with Gasteiger partial charge in [0.1, 0.15) is 0 Å². The molecule has 1 amide bonds. The van der Waals surface area contributed by atoms with Gasteiger partial charge in [0.05, 0.1) is 6.33 Å². The summed E-state index contributed by atoms with van der Waals surface area (Å²) in [7, 11) is 1.96. The van der Waals surface area contributed by atoms with Gasteiger partial charge in [0.25, 0.3) is 0 Å². The number of aryl methyl sites for hydroxylation is 1. The molecule has 94 valence electrons. The smallest absolute Gasteiger partial charge is 0.210 e. The summed E-state index contributed by atoms with van der Waals surface area (Å²) in [6.07, 6.45) is 5.34. The highest BCUT2D eigenvalue weighted by molar-refractivity contribution is 5.47. The lowest BCUT2D eigenvalue weighted by Crippen LogP contribution is -2.24. The summed E-state index contributed by atoms with van der Waals surface area (Å²) in [4.78, 5) is 16.9. The molecule has 1 aromatic heterocycles. The second-order valence-corrected chi connectivity index (χ2v) is 4.31. The first-order chi connectivity index (χ1) is 8.79. The normalized spacial score (nSPS) is 10.3. The van der Waals surface area contributed by atoms with Gasteiger partial charge in [0.15, 0.2) is 0 Å². The van der Waals surface area contributed by atoms with Crippen molar-refractivity contribution >= 4 is 6.41 Å². The maximum atomic E-state index is 11.1. The number of imidazole rings is 1. The van der Waals surface area contributed by atoms with E-state index in [0.717, 1.165) is 24.1 Å². The van der Waals surface area contributed by atoms with Crippen molar-refractivity contribution in [2.45, 2.75) is 13.0 Å². The highest BCUT2D eigenvalue weighted by Crippen LogP contribution is 2.05. The Morgan fingerprint density at radius 2 is 2.11 bits per heavy atom. The number of carbonyl (C=O) groups excluding carboxylic acids is 1. The van der Waals surface area contributed by atoms with Gasteiger partial charge in [-0.15, -0.1) is 0 Å². The van der Waals surface area contributed by atoms with E-state index in [4.69, 9.17) is 0 Å². The van der Waals surface area contributed by atoms with Crippen molar-refractivity contribution in [2.24, 2.45) is 7.05 Å². The van der Waals surface area contributed by atoms with E-state index in [-0.39, 0.29) is 0 Å². The number of benzene rings is 1. The van der Waals surface area contributed by atoms with Crippen LogP contribution in [0.25, 0.3) is 0 Å². The first-order valence-corrected chi connectivity index (χ1v) is 5.98. The fraction of sp³-hybridized carbons (Fsp3) is 0.286. The summed E-state index contributed by atoms with van der Waals surface area (Å²) in [5.74, 6) is 0. The van der Waals surface area contributed by atoms with E-state index >= 15 is 0 Å². The molecule has 0 N–H and O–H groups in total. The predicted octanol–water partition coefficient (Wildman–Crippen LogP) is 1.62. The molecule has 0 unspecified atom stereocenters. The van der Waals surface area contributed by atoms with Gasteiger partial charge in [-0.2, -0.15) is 0 Å². The Kier molecular flexibility index (Phi) is 4.12. The number of rotatable bonds is 6. The van der Waals surface area contributed by atoms with Crippen molar-refractivity contribution in [3.8, 4) is 0 Å². The number of amides is 1. The molecular formula is C14H17N3O. The van der Waals surface area contributed by atoms with Crippen molar-refractivity contribution in [1.29, 1.82) is 0 Å². The molecule has 0 saturated carbocycles. The van der Waals surface area contributed by atoms with Crippen LogP contribution in [0.3, 0.4) is 0 Å². The van der Waals surface area contributed by atoms with Crippen LogP contribution < -0.4 is 0 Å². The van der Waals surface area contributed by atoms with E-state index in [9.17, 15) is 4.79 Å². The molecule has 1 heterocycles. The van der Waals surface area contributed by atoms with E-state index < -0.39 is 0 Å². The highest BCUT2D eigenvalue weighted by Gasteiger charge is 2.05. The molecule has 18 heavy (non-hydrogen) atoms. The molecule has 1 aromatic carbocycles. The molecular weight excluding hydrogens is 226 g/mol. The van der Waals surface area contributed by atoms with E-state index in [1.807, 2.05) is 48.1 Å². The Morgan fingerprint density at radius 3 is 2.72 bits per heavy atom. The van der Waals surface area contributed by atoms with Crippen LogP contribution in [0.4, 0.5) is 0 Å².